The maximum absolute atomic E-state index is 13.5. The van der Waals surface area contributed by atoms with Crippen molar-refractivity contribution in [3.63, 3.8) is 0 Å². The first kappa shape index (κ1) is 25.8. The summed E-state index contributed by atoms with van der Waals surface area (Å²) < 4.78 is 33.8. The highest BCUT2D eigenvalue weighted by Crippen LogP contribution is 2.32. The molecule has 1 aliphatic rings. The standard InChI is InChI=1S/C24H40N2O4S/c1-8-22(9-2)26(14-15-30-7)24(27)21-10-12-25(13-11-21)31(28,29)23-19(5)17(3)16-18(4)20(23)6/h16,21-22H,8-15H2,1-7H3. The van der Waals surface area contributed by atoms with Crippen LogP contribution in [-0.2, 0) is 19.6 Å². The number of hydrogen-bond donors (Lipinski definition) is 0. The topological polar surface area (TPSA) is 66.9 Å². The number of aryl methyl sites for hydroxylation is 2. The predicted molar refractivity (Wildman–Crippen MR) is 125 cm³/mol. The summed E-state index contributed by atoms with van der Waals surface area (Å²) in [5.41, 5.74) is 3.62. The number of piperidine rings is 1. The summed E-state index contributed by atoms with van der Waals surface area (Å²) >= 11 is 0. The normalized spacial score (nSPS) is 16.1. The second kappa shape index (κ2) is 10.9. The van der Waals surface area contributed by atoms with E-state index >= 15 is 0 Å². The van der Waals surface area contributed by atoms with E-state index in [0.717, 1.165) is 35.1 Å². The molecule has 1 aromatic rings. The molecule has 0 saturated carbocycles. The summed E-state index contributed by atoms with van der Waals surface area (Å²) in [6, 6.07) is 2.24. The van der Waals surface area contributed by atoms with Gasteiger partial charge in [0.25, 0.3) is 0 Å². The molecule has 1 aromatic carbocycles. The molecule has 0 atom stereocenters. The maximum atomic E-state index is 13.5. The highest BCUT2D eigenvalue weighted by Gasteiger charge is 2.36. The number of sulfonamides is 1. The molecule has 1 heterocycles. The van der Waals surface area contributed by atoms with E-state index in [1.165, 1.54) is 0 Å². The summed E-state index contributed by atoms with van der Waals surface area (Å²) in [6.07, 6.45) is 2.93. The van der Waals surface area contributed by atoms with E-state index in [1.54, 1.807) is 11.4 Å². The van der Waals surface area contributed by atoms with Crippen LogP contribution in [0.3, 0.4) is 0 Å². The predicted octanol–water partition coefficient (Wildman–Crippen LogP) is 3.98. The van der Waals surface area contributed by atoms with Crippen LogP contribution in [-0.4, -0.2) is 62.9 Å². The first-order valence-corrected chi connectivity index (χ1v) is 12.9. The quantitative estimate of drug-likeness (QED) is 0.568. The minimum Gasteiger partial charge on any atom is -0.383 e. The zero-order valence-corrected chi connectivity index (χ0v) is 21.1. The Hall–Kier alpha value is -1.44. The van der Waals surface area contributed by atoms with E-state index in [-0.39, 0.29) is 17.9 Å². The van der Waals surface area contributed by atoms with E-state index in [4.69, 9.17) is 4.74 Å². The van der Waals surface area contributed by atoms with Crippen molar-refractivity contribution in [1.29, 1.82) is 0 Å². The number of rotatable bonds is 9. The summed E-state index contributed by atoms with van der Waals surface area (Å²) in [6.45, 7) is 13.7. The van der Waals surface area contributed by atoms with Gasteiger partial charge in [-0.25, -0.2) is 8.42 Å². The Morgan fingerprint density at radius 1 is 1.10 bits per heavy atom. The van der Waals surface area contributed by atoms with Crippen molar-refractivity contribution in [2.75, 3.05) is 33.4 Å². The van der Waals surface area contributed by atoms with Gasteiger partial charge in [0.05, 0.1) is 11.5 Å². The molecule has 1 saturated heterocycles. The molecule has 2 rings (SSSR count). The molecule has 0 aliphatic carbocycles. The van der Waals surface area contributed by atoms with Gasteiger partial charge in [-0.1, -0.05) is 19.9 Å². The number of hydrogen-bond acceptors (Lipinski definition) is 4. The van der Waals surface area contributed by atoms with Gasteiger partial charge in [-0.3, -0.25) is 4.79 Å². The SMILES string of the molecule is CCC(CC)N(CCOC)C(=O)C1CCN(S(=O)(=O)c2c(C)c(C)cc(C)c2C)CC1. The lowest BCUT2D eigenvalue weighted by molar-refractivity contribution is -0.140. The number of carbonyl (C=O) groups is 1. The molecule has 0 unspecified atom stereocenters. The van der Waals surface area contributed by atoms with Crippen molar-refractivity contribution in [3.05, 3.63) is 28.3 Å². The molecule has 1 amide bonds. The average Bonchev–Trinajstić information content (AvgIpc) is 2.75. The van der Waals surface area contributed by atoms with Crippen molar-refractivity contribution >= 4 is 15.9 Å². The number of carbonyl (C=O) groups excluding carboxylic acids is 1. The van der Waals surface area contributed by atoms with E-state index in [1.807, 2.05) is 38.7 Å². The molecule has 31 heavy (non-hydrogen) atoms. The fourth-order valence-electron chi connectivity index (χ4n) is 4.67. The van der Waals surface area contributed by atoms with E-state index in [9.17, 15) is 13.2 Å². The van der Waals surface area contributed by atoms with Crippen LogP contribution >= 0.6 is 0 Å². The Bertz CT molecular complexity index is 844. The zero-order valence-electron chi connectivity index (χ0n) is 20.3. The molecule has 6 nitrogen and oxygen atoms in total. The Balaban J connectivity index is 2.19. The smallest absolute Gasteiger partial charge is 0.243 e. The molecule has 176 valence electrons. The van der Waals surface area contributed by atoms with Crippen molar-refractivity contribution in [2.45, 2.75) is 78.2 Å². The number of amides is 1. The van der Waals surface area contributed by atoms with Gasteiger partial charge in [-0.2, -0.15) is 4.31 Å². The van der Waals surface area contributed by atoms with Crippen LogP contribution < -0.4 is 0 Å². The third-order valence-electron chi connectivity index (χ3n) is 6.90. The molecular weight excluding hydrogens is 412 g/mol. The maximum Gasteiger partial charge on any atom is 0.243 e. The number of methoxy groups -OCH3 is 1. The molecular formula is C24H40N2O4S. The second-order valence-electron chi connectivity index (χ2n) is 8.76. The van der Waals surface area contributed by atoms with Crippen LogP contribution in [0.15, 0.2) is 11.0 Å². The molecule has 0 N–H and O–H groups in total. The molecule has 7 heteroatoms. The summed E-state index contributed by atoms with van der Waals surface area (Å²) in [5.74, 6) is 0.00639. The van der Waals surface area contributed by atoms with E-state index in [2.05, 4.69) is 13.8 Å². The van der Waals surface area contributed by atoms with Crippen molar-refractivity contribution in [2.24, 2.45) is 5.92 Å². The summed E-state index contributed by atoms with van der Waals surface area (Å²) in [7, 11) is -1.94. The lowest BCUT2D eigenvalue weighted by Crippen LogP contribution is -2.48. The summed E-state index contributed by atoms with van der Waals surface area (Å²) in [4.78, 5) is 15.7. The zero-order chi connectivity index (χ0) is 23.3. The van der Waals surface area contributed by atoms with Gasteiger partial charge in [0.15, 0.2) is 0 Å². The second-order valence-corrected chi connectivity index (χ2v) is 10.6. The van der Waals surface area contributed by atoms with Gasteiger partial charge in [0, 0.05) is 38.7 Å². The number of benzene rings is 1. The Morgan fingerprint density at radius 2 is 1.61 bits per heavy atom. The lowest BCUT2D eigenvalue weighted by Gasteiger charge is -2.37. The number of ether oxygens (including phenoxy) is 1. The van der Waals surface area contributed by atoms with Crippen molar-refractivity contribution < 1.29 is 17.9 Å². The van der Waals surface area contributed by atoms with Gasteiger partial charge in [-0.05, 0) is 75.6 Å². The van der Waals surface area contributed by atoms with Crippen LogP contribution in [0.4, 0.5) is 0 Å². The van der Waals surface area contributed by atoms with Gasteiger partial charge < -0.3 is 9.64 Å². The monoisotopic (exact) mass is 452 g/mol. The van der Waals surface area contributed by atoms with Gasteiger partial charge >= 0.3 is 0 Å². The van der Waals surface area contributed by atoms with E-state index < -0.39 is 10.0 Å². The first-order valence-electron chi connectivity index (χ1n) is 11.5. The van der Waals surface area contributed by atoms with Crippen molar-refractivity contribution in [3.8, 4) is 0 Å². The van der Waals surface area contributed by atoms with Gasteiger partial charge in [0.1, 0.15) is 0 Å². The Morgan fingerprint density at radius 3 is 2.06 bits per heavy atom. The fourth-order valence-corrected chi connectivity index (χ4v) is 6.71. The molecule has 0 spiro atoms. The number of nitrogens with zero attached hydrogens (tertiary/aromatic N) is 2. The fraction of sp³-hybridized carbons (Fsp3) is 0.708. The lowest BCUT2D eigenvalue weighted by atomic mass is 9.95. The average molecular weight is 453 g/mol. The highest BCUT2D eigenvalue weighted by molar-refractivity contribution is 7.89. The van der Waals surface area contributed by atoms with Crippen LogP contribution in [0, 0.1) is 33.6 Å². The molecule has 0 radical (unpaired) electrons. The first-order chi connectivity index (χ1) is 14.6. The third kappa shape index (κ3) is 5.49. The highest BCUT2D eigenvalue weighted by atomic mass is 32.2. The van der Waals surface area contributed by atoms with Gasteiger partial charge in [-0.15, -0.1) is 0 Å². The molecule has 0 bridgehead atoms. The molecule has 0 aromatic heterocycles. The van der Waals surface area contributed by atoms with Crippen LogP contribution in [0.2, 0.25) is 0 Å². The molecule has 1 fully saturated rings. The van der Waals surface area contributed by atoms with Crippen LogP contribution in [0.25, 0.3) is 0 Å². The van der Waals surface area contributed by atoms with Crippen molar-refractivity contribution in [1.82, 2.24) is 9.21 Å². The minimum atomic E-state index is -3.59. The van der Waals surface area contributed by atoms with Crippen LogP contribution in [0.5, 0.6) is 0 Å². The largest absolute Gasteiger partial charge is 0.383 e. The Kier molecular flexibility index (Phi) is 9.10. The minimum absolute atomic E-state index is 0.134. The van der Waals surface area contributed by atoms with E-state index in [0.29, 0.717) is 44.0 Å². The third-order valence-corrected chi connectivity index (χ3v) is 9.07. The Labute approximate surface area is 189 Å². The van der Waals surface area contributed by atoms with Crippen LogP contribution in [0.1, 0.15) is 61.8 Å². The van der Waals surface area contributed by atoms with Gasteiger partial charge in [0.2, 0.25) is 15.9 Å². The summed E-state index contributed by atoms with van der Waals surface area (Å²) in [5, 5.41) is 0. The molecule has 1 aliphatic heterocycles.